The number of halogens is 1. The molecule has 0 radical (unpaired) electrons. The van der Waals surface area contributed by atoms with Gasteiger partial charge in [0.2, 0.25) is 0 Å². The third kappa shape index (κ3) is 4.42. The molecule has 0 heterocycles. The Morgan fingerprint density at radius 1 is 1.31 bits per heavy atom. The maximum Gasteiger partial charge on any atom is 0.123 e. The zero-order valence-corrected chi connectivity index (χ0v) is 9.36. The monoisotopic (exact) mass is 223 g/mol. The lowest BCUT2D eigenvalue weighted by molar-refractivity contribution is 0.626. The van der Waals surface area contributed by atoms with Gasteiger partial charge in [0.25, 0.3) is 0 Å². The number of nitrogens with one attached hydrogen (secondary N) is 1. The van der Waals surface area contributed by atoms with Crippen LogP contribution in [0.4, 0.5) is 4.39 Å². The summed E-state index contributed by atoms with van der Waals surface area (Å²) in [7, 11) is 0. The molecule has 0 aliphatic carbocycles. The summed E-state index contributed by atoms with van der Waals surface area (Å²) in [4.78, 5) is 0. The lowest BCUT2D eigenvalue weighted by atomic mass is 10.1. The van der Waals surface area contributed by atoms with Crippen LogP contribution in [0.2, 0.25) is 0 Å². The summed E-state index contributed by atoms with van der Waals surface area (Å²) in [5.74, 6) is -0.255. The smallest absolute Gasteiger partial charge is 0.123 e. The predicted molar refractivity (Wildman–Crippen MR) is 64.1 cm³/mol. The number of nitrogens with two attached hydrogens (primary N) is 2. The Balaban J connectivity index is 2.45. The molecule has 2 atom stereocenters. The highest BCUT2D eigenvalue weighted by Crippen LogP contribution is 2.11. The lowest BCUT2D eigenvalue weighted by Crippen LogP contribution is -2.28. The molecule has 4 heteroatoms. The normalized spacial score (nSPS) is 15.0. The Labute approximate surface area is 95.3 Å². The van der Waals surface area contributed by atoms with E-state index in [-0.39, 0.29) is 17.9 Å². The molecule has 1 rings (SSSR count). The topological polar surface area (TPSA) is 64.1 Å². The average Bonchev–Trinajstić information content (AvgIpc) is 2.25. The molecule has 1 aromatic carbocycles. The molecule has 0 saturated heterocycles. The van der Waals surface area contributed by atoms with Crippen molar-refractivity contribution in [1.29, 1.82) is 0 Å². The van der Waals surface area contributed by atoms with E-state index in [4.69, 9.17) is 11.5 Å². The van der Waals surface area contributed by atoms with E-state index in [1.165, 1.54) is 12.1 Å². The van der Waals surface area contributed by atoms with Crippen LogP contribution in [0.15, 0.2) is 36.5 Å². The molecule has 0 aromatic heterocycles. The minimum atomic E-state index is -0.255. The fourth-order valence-electron chi connectivity index (χ4n) is 1.22. The SMILES string of the molecule is CC(N)CN/C=C\C(N)c1ccc(F)cc1. The Hall–Kier alpha value is -1.39. The highest BCUT2D eigenvalue weighted by Gasteiger charge is 2.01. The van der Waals surface area contributed by atoms with Crippen molar-refractivity contribution >= 4 is 0 Å². The van der Waals surface area contributed by atoms with E-state index in [1.54, 1.807) is 18.3 Å². The second-order valence-corrected chi connectivity index (χ2v) is 3.82. The summed E-state index contributed by atoms with van der Waals surface area (Å²) in [5, 5.41) is 3.04. The molecule has 0 aliphatic heterocycles. The number of rotatable bonds is 5. The fraction of sp³-hybridized carbons (Fsp3) is 0.333. The van der Waals surface area contributed by atoms with Gasteiger partial charge in [0.05, 0.1) is 0 Å². The van der Waals surface area contributed by atoms with Gasteiger partial charge in [-0.3, -0.25) is 0 Å². The molecule has 16 heavy (non-hydrogen) atoms. The highest BCUT2D eigenvalue weighted by molar-refractivity contribution is 5.22. The van der Waals surface area contributed by atoms with Gasteiger partial charge in [-0.25, -0.2) is 4.39 Å². The summed E-state index contributed by atoms with van der Waals surface area (Å²) < 4.78 is 12.7. The Morgan fingerprint density at radius 3 is 2.50 bits per heavy atom. The molecule has 0 spiro atoms. The molecule has 1 aromatic rings. The lowest BCUT2D eigenvalue weighted by Gasteiger charge is -2.08. The molecular weight excluding hydrogens is 205 g/mol. The number of benzene rings is 1. The first kappa shape index (κ1) is 12.7. The molecule has 0 bridgehead atoms. The van der Waals surface area contributed by atoms with Crippen molar-refractivity contribution in [1.82, 2.24) is 5.32 Å². The summed E-state index contributed by atoms with van der Waals surface area (Å²) in [6, 6.07) is 6.02. The van der Waals surface area contributed by atoms with Gasteiger partial charge >= 0.3 is 0 Å². The predicted octanol–water partition coefficient (Wildman–Crippen LogP) is 1.28. The van der Waals surface area contributed by atoms with E-state index in [0.717, 1.165) is 5.56 Å². The van der Waals surface area contributed by atoms with Gasteiger partial charge < -0.3 is 16.8 Å². The van der Waals surface area contributed by atoms with Crippen molar-refractivity contribution in [2.75, 3.05) is 6.54 Å². The van der Waals surface area contributed by atoms with E-state index in [0.29, 0.717) is 6.54 Å². The van der Waals surface area contributed by atoms with Gasteiger partial charge in [-0.1, -0.05) is 12.1 Å². The van der Waals surface area contributed by atoms with E-state index < -0.39 is 0 Å². The largest absolute Gasteiger partial charge is 0.390 e. The molecule has 88 valence electrons. The first-order chi connectivity index (χ1) is 7.59. The van der Waals surface area contributed by atoms with Crippen LogP contribution < -0.4 is 16.8 Å². The maximum absolute atomic E-state index is 12.7. The molecule has 0 amide bonds. The molecule has 2 unspecified atom stereocenters. The maximum atomic E-state index is 12.7. The van der Waals surface area contributed by atoms with E-state index in [9.17, 15) is 4.39 Å². The summed E-state index contributed by atoms with van der Waals surface area (Å²) in [6.07, 6.45) is 3.59. The standard InChI is InChI=1S/C12H18FN3/c1-9(14)8-16-7-6-12(15)10-2-4-11(13)5-3-10/h2-7,9,12,16H,8,14-15H2,1H3/b7-6-. The van der Waals surface area contributed by atoms with E-state index in [2.05, 4.69) is 5.32 Å². The van der Waals surface area contributed by atoms with Crippen molar-refractivity contribution in [2.45, 2.75) is 19.0 Å². The van der Waals surface area contributed by atoms with Crippen LogP contribution in [0, 0.1) is 5.82 Å². The minimum Gasteiger partial charge on any atom is -0.390 e. The zero-order chi connectivity index (χ0) is 12.0. The summed E-state index contributed by atoms with van der Waals surface area (Å²) >= 11 is 0. The van der Waals surface area contributed by atoms with Gasteiger partial charge in [-0.15, -0.1) is 0 Å². The van der Waals surface area contributed by atoms with Crippen molar-refractivity contribution in [3.05, 3.63) is 47.9 Å². The van der Waals surface area contributed by atoms with Crippen LogP contribution in [0.3, 0.4) is 0 Å². The molecule has 0 aliphatic rings. The third-order valence-electron chi connectivity index (χ3n) is 2.12. The highest BCUT2D eigenvalue weighted by atomic mass is 19.1. The van der Waals surface area contributed by atoms with Gasteiger partial charge in [0, 0.05) is 18.6 Å². The third-order valence-corrected chi connectivity index (χ3v) is 2.12. The van der Waals surface area contributed by atoms with Crippen LogP contribution >= 0.6 is 0 Å². The first-order valence-electron chi connectivity index (χ1n) is 5.26. The molecular formula is C12H18FN3. The molecule has 0 fully saturated rings. The fourth-order valence-corrected chi connectivity index (χ4v) is 1.22. The van der Waals surface area contributed by atoms with Crippen molar-refractivity contribution < 1.29 is 4.39 Å². The molecule has 3 nitrogen and oxygen atoms in total. The van der Waals surface area contributed by atoms with Crippen LogP contribution in [0.25, 0.3) is 0 Å². The van der Waals surface area contributed by atoms with Crippen LogP contribution in [-0.4, -0.2) is 12.6 Å². The van der Waals surface area contributed by atoms with Crippen molar-refractivity contribution in [2.24, 2.45) is 11.5 Å². The second-order valence-electron chi connectivity index (χ2n) is 3.82. The van der Waals surface area contributed by atoms with Gasteiger partial charge in [-0.2, -0.15) is 0 Å². The van der Waals surface area contributed by atoms with Crippen LogP contribution in [-0.2, 0) is 0 Å². The number of hydrogen-bond donors (Lipinski definition) is 3. The first-order valence-corrected chi connectivity index (χ1v) is 5.26. The Kier molecular flexibility index (Phi) is 4.95. The average molecular weight is 223 g/mol. The zero-order valence-electron chi connectivity index (χ0n) is 9.36. The van der Waals surface area contributed by atoms with Gasteiger partial charge in [0.15, 0.2) is 0 Å². The van der Waals surface area contributed by atoms with Gasteiger partial charge in [-0.05, 0) is 36.9 Å². The number of hydrogen-bond acceptors (Lipinski definition) is 3. The van der Waals surface area contributed by atoms with Crippen molar-refractivity contribution in [3.63, 3.8) is 0 Å². The Bertz CT molecular complexity index is 333. The molecule has 5 N–H and O–H groups in total. The molecule has 0 saturated carbocycles. The Morgan fingerprint density at radius 2 is 1.94 bits per heavy atom. The summed E-state index contributed by atoms with van der Waals surface area (Å²) in [6.45, 7) is 2.62. The van der Waals surface area contributed by atoms with Gasteiger partial charge in [0.1, 0.15) is 5.82 Å². The van der Waals surface area contributed by atoms with E-state index in [1.807, 2.05) is 13.0 Å². The second kappa shape index (κ2) is 6.25. The van der Waals surface area contributed by atoms with Crippen LogP contribution in [0.1, 0.15) is 18.5 Å². The quantitative estimate of drug-likeness (QED) is 0.704. The van der Waals surface area contributed by atoms with E-state index >= 15 is 0 Å². The summed E-state index contributed by atoms with van der Waals surface area (Å²) in [5.41, 5.74) is 12.3. The minimum absolute atomic E-state index is 0.103. The van der Waals surface area contributed by atoms with Crippen molar-refractivity contribution in [3.8, 4) is 0 Å². The van der Waals surface area contributed by atoms with Crippen LogP contribution in [0.5, 0.6) is 0 Å².